The third-order valence-electron chi connectivity index (χ3n) is 4.06. The van der Waals surface area contributed by atoms with Crippen molar-refractivity contribution in [1.82, 2.24) is 4.90 Å². The first kappa shape index (κ1) is 12.0. The van der Waals surface area contributed by atoms with E-state index in [-0.39, 0.29) is 7.43 Å². The number of hydrogen-bond donors (Lipinski definition) is 0. The second kappa shape index (κ2) is 5.75. The molecule has 0 aromatic heterocycles. The lowest BCUT2D eigenvalue weighted by molar-refractivity contribution is 0.292. The molecular formula is C13H27N. The minimum absolute atomic E-state index is 0. The highest BCUT2D eigenvalue weighted by molar-refractivity contribution is 4.78. The van der Waals surface area contributed by atoms with Gasteiger partial charge < -0.3 is 4.90 Å². The maximum absolute atomic E-state index is 2.51. The fraction of sp³-hybridized carbons (Fsp3) is 1.00. The van der Waals surface area contributed by atoms with E-state index in [4.69, 9.17) is 0 Å². The average molecular weight is 197 g/mol. The zero-order valence-electron chi connectivity index (χ0n) is 8.97. The van der Waals surface area contributed by atoms with Crippen LogP contribution in [0.5, 0.6) is 0 Å². The van der Waals surface area contributed by atoms with Gasteiger partial charge in [0.05, 0.1) is 0 Å². The van der Waals surface area contributed by atoms with Gasteiger partial charge in [-0.1, -0.05) is 33.1 Å². The Morgan fingerprint density at radius 2 is 1.36 bits per heavy atom. The standard InChI is InChI=1S/C12H23N.CH4/c1-13-9-4-7-12(8-10-13)11-5-2-3-6-11;/h11-12H,2-10H2,1H3;1H4. The minimum atomic E-state index is 0. The largest absolute Gasteiger partial charge is 0.306 e. The van der Waals surface area contributed by atoms with E-state index in [1.54, 1.807) is 0 Å². The van der Waals surface area contributed by atoms with Gasteiger partial charge in [0.15, 0.2) is 0 Å². The van der Waals surface area contributed by atoms with Gasteiger partial charge in [0, 0.05) is 0 Å². The molecule has 0 amide bonds. The molecular weight excluding hydrogens is 170 g/mol. The van der Waals surface area contributed by atoms with Crippen LogP contribution in [0.25, 0.3) is 0 Å². The van der Waals surface area contributed by atoms with E-state index in [9.17, 15) is 0 Å². The van der Waals surface area contributed by atoms with E-state index >= 15 is 0 Å². The van der Waals surface area contributed by atoms with Crippen molar-refractivity contribution >= 4 is 0 Å². The molecule has 0 aromatic carbocycles. The molecule has 0 radical (unpaired) electrons. The van der Waals surface area contributed by atoms with Gasteiger partial charge in [-0.15, -0.1) is 0 Å². The SMILES string of the molecule is C.CN1CCCC(C2CCCC2)CC1. The fourth-order valence-electron chi connectivity index (χ4n) is 3.17. The van der Waals surface area contributed by atoms with Crippen molar-refractivity contribution in [2.75, 3.05) is 20.1 Å². The van der Waals surface area contributed by atoms with Gasteiger partial charge in [-0.2, -0.15) is 0 Å². The third kappa shape index (κ3) is 2.98. The summed E-state index contributed by atoms with van der Waals surface area (Å²) in [5.74, 6) is 2.18. The Kier molecular flexibility index (Phi) is 4.94. The molecule has 1 atom stereocenters. The Labute approximate surface area is 89.9 Å². The molecule has 2 rings (SSSR count). The van der Waals surface area contributed by atoms with Crippen LogP contribution in [0, 0.1) is 11.8 Å². The van der Waals surface area contributed by atoms with Gasteiger partial charge >= 0.3 is 0 Å². The molecule has 84 valence electrons. The number of likely N-dealkylation sites (tertiary alicyclic amines) is 1. The van der Waals surface area contributed by atoms with Crippen molar-refractivity contribution in [3.8, 4) is 0 Å². The van der Waals surface area contributed by atoms with E-state index in [2.05, 4.69) is 11.9 Å². The Morgan fingerprint density at radius 1 is 0.786 bits per heavy atom. The molecule has 0 spiro atoms. The average Bonchev–Trinajstić information content (AvgIpc) is 2.56. The first-order valence-corrected chi connectivity index (χ1v) is 6.05. The molecule has 0 N–H and O–H groups in total. The normalized spacial score (nSPS) is 31.1. The van der Waals surface area contributed by atoms with Crippen molar-refractivity contribution < 1.29 is 0 Å². The highest BCUT2D eigenvalue weighted by atomic mass is 15.1. The van der Waals surface area contributed by atoms with Gasteiger partial charge in [0.1, 0.15) is 0 Å². The third-order valence-corrected chi connectivity index (χ3v) is 4.06. The van der Waals surface area contributed by atoms with Crippen molar-refractivity contribution in [2.45, 2.75) is 52.4 Å². The Morgan fingerprint density at radius 3 is 2.07 bits per heavy atom. The van der Waals surface area contributed by atoms with Gasteiger partial charge in [-0.05, 0) is 51.2 Å². The second-order valence-corrected chi connectivity index (χ2v) is 5.04. The van der Waals surface area contributed by atoms with E-state index < -0.39 is 0 Å². The van der Waals surface area contributed by atoms with Gasteiger partial charge in [-0.3, -0.25) is 0 Å². The molecule has 1 aliphatic carbocycles. The lowest BCUT2D eigenvalue weighted by atomic mass is 9.85. The summed E-state index contributed by atoms with van der Waals surface area (Å²) in [6.07, 6.45) is 10.5. The van der Waals surface area contributed by atoms with Crippen LogP contribution in [0.3, 0.4) is 0 Å². The molecule has 14 heavy (non-hydrogen) atoms. The van der Waals surface area contributed by atoms with E-state index in [1.807, 2.05) is 0 Å². The summed E-state index contributed by atoms with van der Waals surface area (Å²) in [4.78, 5) is 2.51. The quantitative estimate of drug-likeness (QED) is 0.621. The van der Waals surface area contributed by atoms with Crippen molar-refractivity contribution in [2.24, 2.45) is 11.8 Å². The summed E-state index contributed by atoms with van der Waals surface area (Å²) >= 11 is 0. The summed E-state index contributed by atoms with van der Waals surface area (Å²) in [7, 11) is 2.27. The van der Waals surface area contributed by atoms with Gasteiger partial charge in [0.2, 0.25) is 0 Å². The van der Waals surface area contributed by atoms with Crippen molar-refractivity contribution in [3.63, 3.8) is 0 Å². The first-order valence-electron chi connectivity index (χ1n) is 6.05. The van der Waals surface area contributed by atoms with Crippen LogP contribution < -0.4 is 0 Å². The maximum atomic E-state index is 2.51. The second-order valence-electron chi connectivity index (χ2n) is 5.04. The highest BCUT2D eigenvalue weighted by Gasteiger charge is 2.26. The van der Waals surface area contributed by atoms with Crippen molar-refractivity contribution in [3.05, 3.63) is 0 Å². The summed E-state index contributed by atoms with van der Waals surface area (Å²) in [6, 6.07) is 0. The summed E-state index contributed by atoms with van der Waals surface area (Å²) in [6.45, 7) is 2.68. The number of nitrogens with zero attached hydrogens (tertiary/aromatic N) is 1. The predicted molar refractivity (Wildman–Crippen MR) is 63.5 cm³/mol. The van der Waals surface area contributed by atoms with Crippen LogP contribution in [0.4, 0.5) is 0 Å². The smallest absolute Gasteiger partial charge is 0.00190 e. The summed E-state index contributed by atoms with van der Waals surface area (Å²) in [5.41, 5.74) is 0. The summed E-state index contributed by atoms with van der Waals surface area (Å²) < 4.78 is 0. The summed E-state index contributed by atoms with van der Waals surface area (Å²) in [5, 5.41) is 0. The Hall–Kier alpha value is -0.0400. The molecule has 1 heteroatoms. The van der Waals surface area contributed by atoms with Crippen LogP contribution in [0.15, 0.2) is 0 Å². The molecule has 0 aromatic rings. The maximum Gasteiger partial charge on any atom is -0.00190 e. The molecule has 1 saturated heterocycles. The first-order chi connectivity index (χ1) is 6.36. The number of hydrogen-bond acceptors (Lipinski definition) is 1. The van der Waals surface area contributed by atoms with Crippen LogP contribution >= 0.6 is 0 Å². The molecule has 2 aliphatic rings. The number of rotatable bonds is 1. The predicted octanol–water partition coefficient (Wildman–Crippen LogP) is 3.54. The van der Waals surface area contributed by atoms with Crippen LogP contribution in [0.1, 0.15) is 52.4 Å². The van der Waals surface area contributed by atoms with Crippen molar-refractivity contribution in [1.29, 1.82) is 0 Å². The molecule has 1 nitrogen and oxygen atoms in total. The molecule has 1 aliphatic heterocycles. The Balaban J connectivity index is 0.000000980. The topological polar surface area (TPSA) is 3.24 Å². The molecule has 2 fully saturated rings. The fourth-order valence-corrected chi connectivity index (χ4v) is 3.17. The van der Waals surface area contributed by atoms with Crippen LogP contribution in [0.2, 0.25) is 0 Å². The van der Waals surface area contributed by atoms with E-state index in [0.29, 0.717) is 0 Å². The lowest BCUT2D eigenvalue weighted by Crippen LogP contribution is -2.19. The molecule has 1 unspecified atom stereocenters. The van der Waals surface area contributed by atoms with Gasteiger partial charge in [-0.25, -0.2) is 0 Å². The van der Waals surface area contributed by atoms with E-state index in [1.165, 1.54) is 58.0 Å². The zero-order valence-corrected chi connectivity index (χ0v) is 8.97. The monoisotopic (exact) mass is 197 g/mol. The highest BCUT2D eigenvalue weighted by Crippen LogP contribution is 2.36. The van der Waals surface area contributed by atoms with E-state index in [0.717, 1.165) is 11.8 Å². The van der Waals surface area contributed by atoms with Crippen LogP contribution in [-0.4, -0.2) is 25.0 Å². The lowest BCUT2D eigenvalue weighted by Gasteiger charge is -2.21. The molecule has 1 heterocycles. The minimum Gasteiger partial charge on any atom is -0.306 e. The molecule has 0 bridgehead atoms. The molecule has 1 saturated carbocycles. The van der Waals surface area contributed by atoms with Crippen LogP contribution in [-0.2, 0) is 0 Å². The Bertz CT molecular complexity index is 149. The van der Waals surface area contributed by atoms with Gasteiger partial charge in [0.25, 0.3) is 0 Å². The zero-order chi connectivity index (χ0) is 9.10.